The van der Waals surface area contributed by atoms with Crippen LogP contribution in [0.3, 0.4) is 0 Å². The van der Waals surface area contributed by atoms with E-state index in [1.165, 1.54) is 12.7 Å². The number of rotatable bonds is 1. The molecular weight excluding hydrogens is 176 g/mol. The first-order valence-corrected chi connectivity index (χ1v) is 5.21. The van der Waals surface area contributed by atoms with Crippen molar-refractivity contribution in [2.75, 3.05) is 0 Å². The molecule has 14 heavy (non-hydrogen) atoms. The van der Waals surface area contributed by atoms with Crippen LogP contribution < -0.4 is 0 Å². The number of hydrogen-bond donors (Lipinski definition) is 1. The summed E-state index contributed by atoms with van der Waals surface area (Å²) in [7, 11) is 0. The summed E-state index contributed by atoms with van der Waals surface area (Å²) in [6.45, 7) is 2.10. The molecule has 3 nitrogen and oxygen atoms in total. The van der Waals surface area contributed by atoms with E-state index in [9.17, 15) is 5.11 Å². The van der Waals surface area contributed by atoms with E-state index >= 15 is 0 Å². The molecule has 0 aromatic carbocycles. The Morgan fingerprint density at radius 2 is 2.07 bits per heavy atom. The fourth-order valence-corrected chi connectivity index (χ4v) is 2.28. The Morgan fingerprint density at radius 1 is 1.36 bits per heavy atom. The second-order valence-electron chi connectivity index (χ2n) is 4.20. The highest BCUT2D eigenvalue weighted by atomic mass is 16.3. The maximum atomic E-state index is 10.5. The van der Waals surface area contributed by atoms with E-state index < -0.39 is 5.60 Å². The first-order chi connectivity index (χ1) is 6.73. The summed E-state index contributed by atoms with van der Waals surface area (Å²) in [5.74, 6) is 0.308. The smallest absolute Gasteiger partial charge is 0.115 e. The molecule has 1 N–H and O–H groups in total. The van der Waals surface area contributed by atoms with Gasteiger partial charge in [-0.3, -0.25) is 0 Å². The lowest BCUT2D eigenvalue weighted by atomic mass is 9.73. The van der Waals surface area contributed by atoms with E-state index in [1.54, 1.807) is 12.4 Å². The molecule has 1 heterocycles. The molecule has 0 amide bonds. The van der Waals surface area contributed by atoms with Gasteiger partial charge in [-0.05, 0) is 18.8 Å². The topological polar surface area (TPSA) is 46.0 Å². The molecule has 0 aliphatic heterocycles. The summed E-state index contributed by atoms with van der Waals surface area (Å²) >= 11 is 0. The predicted molar refractivity (Wildman–Crippen MR) is 53.6 cm³/mol. The van der Waals surface area contributed by atoms with Crippen molar-refractivity contribution in [1.29, 1.82) is 0 Å². The van der Waals surface area contributed by atoms with Crippen LogP contribution in [0.15, 0.2) is 18.7 Å². The second kappa shape index (κ2) is 3.65. The molecule has 2 unspecified atom stereocenters. The Kier molecular flexibility index (Phi) is 2.50. The van der Waals surface area contributed by atoms with Gasteiger partial charge in [0.25, 0.3) is 0 Å². The van der Waals surface area contributed by atoms with Crippen LogP contribution >= 0.6 is 0 Å². The second-order valence-corrected chi connectivity index (χ2v) is 4.20. The first-order valence-electron chi connectivity index (χ1n) is 5.21. The number of nitrogens with zero attached hydrogens (tertiary/aromatic N) is 2. The maximum Gasteiger partial charge on any atom is 0.115 e. The standard InChI is InChI=1S/C11H16N2O/c1-9-4-2-3-5-11(9,14)10-6-12-8-13-7-10/h6-9,14H,2-5H2,1H3. The molecule has 1 saturated carbocycles. The highest BCUT2D eigenvalue weighted by molar-refractivity contribution is 5.16. The van der Waals surface area contributed by atoms with Crippen LogP contribution in [-0.2, 0) is 5.60 Å². The molecule has 1 aromatic heterocycles. The number of aliphatic hydroxyl groups is 1. The van der Waals surface area contributed by atoms with Crippen molar-refractivity contribution in [2.24, 2.45) is 5.92 Å². The number of aromatic nitrogens is 2. The Bertz CT molecular complexity index is 301. The van der Waals surface area contributed by atoms with Crippen LogP contribution in [0.4, 0.5) is 0 Å². The molecule has 0 radical (unpaired) electrons. The zero-order valence-electron chi connectivity index (χ0n) is 8.48. The predicted octanol–water partition coefficient (Wildman–Crippen LogP) is 1.87. The molecule has 0 spiro atoms. The molecule has 1 fully saturated rings. The molecule has 2 rings (SSSR count). The molecule has 76 valence electrons. The summed E-state index contributed by atoms with van der Waals surface area (Å²) in [5, 5.41) is 10.5. The third-order valence-corrected chi connectivity index (χ3v) is 3.32. The van der Waals surface area contributed by atoms with Gasteiger partial charge in [0.1, 0.15) is 6.33 Å². The van der Waals surface area contributed by atoms with E-state index in [-0.39, 0.29) is 0 Å². The molecule has 1 aliphatic carbocycles. The lowest BCUT2D eigenvalue weighted by Crippen LogP contribution is -2.36. The van der Waals surface area contributed by atoms with Gasteiger partial charge in [0.15, 0.2) is 0 Å². The fraction of sp³-hybridized carbons (Fsp3) is 0.636. The summed E-state index contributed by atoms with van der Waals surface area (Å²) < 4.78 is 0. The third kappa shape index (κ3) is 1.52. The fourth-order valence-electron chi connectivity index (χ4n) is 2.28. The van der Waals surface area contributed by atoms with Crippen molar-refractivity contribution in [3.8, 4) is 0 Å². The van der Waals surface area contributed by atoms with Gasteiger partial charge in [-0.15, -0.1) is 0 Å². The quantitative estimate of drug-likeness (QED) is 0.739. The average molecular weight is 192 g/mol. The van der Waals surface area contributed by atoms with Crippen LogP contribution in [0.2, 0.25) is 0 Å². The Labute approximate surface area is 84.2 Å². The van der Waals surface area contributed by atoms with Gasteiger partial charge in [0.05, 0.1) is 5.60 Å². The van der Waals surface area contributed by atoms with Gasteiger partial charge >= 0.3 is 0 Å². The zero-order valence-corrected chi connectivity index (χ0v) is 8.48. The van der Waals surface area contributed by atoms with Crippen LogP contribution in [0.5, 0.6) is 0 Å². The minimum absolute atomic E-state index is 0.308. The van der Waals surface area contributed by atoms with Crippen molar-refractivity contribution in [3.63, 3.8) is 0 Å². The summed E-state index contributed by atoms with van der Waals surface area (Å²) in [5.41, 5.74) is 0.173. The molecule has 2 atom stereocenters. The summed E-state index contributed by atoms with van der Waals surface area (Å²) in [6, 6.07) is 0. The van der Waals surface area contributed by atoms with Crippen molar-refractivity contribution >= 4 is 0 Å². The lowest BCUT2D eigenvalue weighted by Gasteiger charge is -2.38. The SMILES string of the molecule is CC1CCCCC1(O)c1cncnc1. The van der Waals surface area contributed by atoms with Gasteiger partial charge in [0, 0.05) is 18.0 Å². The highest BCUT2D eigenvalue weighted by Crippen LogP contribution is 2.40. The monoisotopic (exact) mass is 192 g/mol. The summed E-state index contributed by atoms with van der Waals surface area (Å²) in [6.07, 6.45) is 9.20. The Hall–Kier alpha value is -0.960. The van der Waals surface area contributed by atoms with Crippen molar-refractivity contribution in [2.45, 2.75) is 38.2 Å². The molecular formula is C11H16N2O. The van der Waals surface area contributed by atoms with Gasteiger partial charge in [-0.1, -0.05) is 19.8 Å². The molecule has 1 aliphatic rings. The number of hydrogen-bond acceptors (Lipinski definition) is 3. The van der Waals surface area contributed by atoms with Crippen molar-refractivity contribution < 1.29 is 5.11 Å². The third-order valence-electron chi connectivity index (χ3n) is 3.32. The largest absolute Gasteiger partial charge is 0.385 e. The molecule has 1 aromatic rings. The molecule has 0 bridgehead atoms. The van der Waals surface area contributed by atoms with E-state index in [0.717, 1.165) is 24.8 Å². The highest BCUT2D eigenvalue weighted by Gasteiger charge is 2.37. The van der Waals surface area contributed by atoms with E-state index in [4.69, 9.17) is 0 Å². The van der Waals surface area contributed by atoms with Crippen LogP contribution in [0.25, 0.3) is 0 Å². The first kappa shape index (κ1) is 9.59. The van der Waals surface area contributed by atoms with Gasteiger partial charge in [-0.25, -0.2) is 9.97 Å². The van der Waals surface area contributed by atoms with Gasteiger partial charge < -0.3 is 5.11 Å². The van der Waals surface area contributed by atoms with Gasteiger partial charge in [-0.2, -0.15) is 0 Å². The Balaban J connectivity index is 2.30. The maximum absolute atomic E-state index is 10.5. The van der Waals surface area contributed by atoms with Crippen LogP contribution in [-0.4, -0.2) is 15.1 Å². The lowest BCUT2D eigenvalue weighted by molar-refractivity contribution is -0.0475. The minimum Gasteiger partial charge on any atom is -0.385 e. The molecule has 3 heteroatoms. The van der Waals surface area contributed by atoms with Crippen LogP contribution in [0, 0.1) is 5.92 Å². The van der Waals surface area contributed by atoms with Crippen LogP contribution in [0.1, 0.15) is 38.2 Å². The zero-order chi connectivity index (χ0) is 10.0. The van der Waals surface area contributed by atoms with Crippen molar-refractivity contribution in [3.05, 3.63) is 24.3 Å². The average Bonchev–Trinajstić information content (AvgIpc) is 2.24. The summed E-state index contributed by atoms with van der Waals surface area (Å²) in [4.78, 5) is 7.94. The Morgan fingerprint density at radius 3 is 2.71 bits per heavy atom. The van der Waals surface area contributed by atoms with E-state index in [1.807, 2.05) is 0 Å². The normalized spacial score (nSPS) is 32.9. The van der Waals surface area contributed by atoms with Gasteiger partial charge in [0.2, 0.25) is 0 Å². The van der Waals surface area contributed by atoms with E-state index in [0.29, 0.717) is 5.92 Å². The van der Waals surface area contributed by atoms with E-state index in [2.05, 4.69) is 16.9 Å². The molecule has 0 saturated heterocycles. The van der Waals surface area contributed by atoms with Crippen molar-refractivity contribution in [1.82, 2.24) is 9.97 Å². The minimum atomic E-state index is -0.695.